The van der Waals surface area contributed by atoms with Crippen LogP contribution < -0.4 is 10.6 Å². The highest BCUT2D eigenvalue weighted by molar-refractivity contribution is 5.97. The fraction of sp³-hybridized carbons (Fsp3) is 0.682. The van der Waals surface area contributed by atoms with E-state index in [1.807, 2.05) is 12.4 Å². The molecule has 154 valence electrons. The number of amides is 1. The Morgan fingerprint density at radius 3 is 2.68 bits per heavy atom. The SMILES string of the molecule is CCCCO[C@H]1CC[C@H](NC(=O)c2c[nH]c3c2C(OC)NC=C3C2CC2)CC1. The number of H-pyrrole nitrogens is 1. The Bertz CT molecular complexity index is 715. The van der Waals surface area contributed by atoms with Crippen LogP contribution in [0.1, 0.15) is 86.1 Å². The normalized spacial score (nSPS) is 26.9. The van der Waals surface area contributed by atoms with Crippen molar-refractivity contribution in [2.75, 3.05) is 13.7 Å². The third kappa shape index (κ3) is 4.13. The summed E-state index contributed by atoms with van der Waals surface area (Å²) in [5.41, 5.74) is 3.97. The quantitative estimate of drug-likeness (QED) is 0.592. The van der Waals surface area contributed by atoms with E-state index in [9.17, 15) is 4.79 Å². The molecule has 0 radical (unpaired) electrons. The Morgan fingerprint density at radius 2 is 2.00 bits per heavy atom. The summed E-state index contributed by atoms with van der Waals surface area (Å²) >= 11 is 0. The predicted molar refractivity (Wildman–Crippen MR) is 109 cm³/mol. The van der Waals surface area contributed by atoms with Crippen LogP contribution in [0.2, 0.25) is 0 Å². The average Bonchev–Trinajstić information content (AvgIpc) is 3.46. The van der Waals surface area contributed by atoms with Crippen LogP contribution in [-0.4, -0.2) is 36.8 Å². The first-order valence-corrected chi connectivity index (χ1v) is 10.8. The number of aromatic nitrogens is 1. The molecule has 1 aromatic rings. The lowest BCUT2D eigenvalue weighted by Gasteiger charge is -2.29. The minimum atomic E-state index is -0.285. The second kappa shape index (κ2) is 8.70. The molecule has 0 bridgehead atoms. The highest BCUT2D eigenvalue weighted by Crippen LogP contribution is 2.45. The maximum atomic E-state index is 13.0. The summed E-state index contributed by atoms with van der Waals surface area (Å²) in [6, 6.07) is 0.222. The van der Waals surface area contributed by atoms with Gasteiger partial charge in [0.25, 0.3) is 5.91 Å². The van der Waals surface area contributed by atoms with E-state index in [4.69, 9.17) is 9.47 Å². The topological polar surface area (TPSA) is 75.4 Å². The van der Waals surface area contributed by atoms with Gasteiger partial charge in [0, 0.05) is 37.7 Å². The van der Waals surface area contributed by atoms with Gasteiger partial charge in [-0.1, -0.05) is 13.3 Å². The molecule has 4 rings (SSSR count). The number of unbranched alkanes of at least 4 members (excludes halogenated alkanes) is 1. The molecule has 2 fully saturated rings. The maximum absolute atomic E-state index is 13.0. The number of methoxy groups -OCH3 is 1. The van der Waals surface area contributed by atoms with Crippen molar-refractivity contribution in [2.24, 2.45) is 5.92 Å². The Balaban J connectivity index is 1.38. The molecule has 1 aliphatic heterocycles. The van der Waals surface area contributed by atoms with Crippen molar-refractivity contribution >= 4 is 11.5 Å². The number of fused-ring (bicyclic) bond motifs is 1. The Hall–Kier alpha value is -1.79. The lowest BCUT2D eigenvalue weighted by atomic mass is 9.92. The van der Waals surface area contributed by atoms with E-state index in [0.29, 0.717) is 17.6 Å². The van der Waals surface area contributed by atoms with E-state index in [-0.39, 0.29) is 18.2 Å². The first-order chi connectivity index (χ1) is 13.7. The number of ether oxygens (including phenoxy) is 2. The molecule has 6 heteroatoms. The van der Waals surface area contributed by atoms with Crippen molar-refractivity contribution < 1.29 is 14.3 Å². The van der Waals surface area contributed by atoms with Gasteiger partial charge in [0.2, 0.25) is 0 Å². The summed E-state index contributed by atoms with van der Waals surface area (Å²) in [4.78, 5) is 16.4. The molecular formula is C22H33N3O3. The van der Waals surface area contributed by atoms with Crippen molar-refractivity contribution in [1.29, 1.82) is 0 Å². The summed E-state index contributed by atoms with van der Waals surface area (Å²) in [6.45, 7) is 3.04. The molecule has 2 saturated carbocycles. The van der Waals surface area contributed by atoms with Gasteiger partial charge >= 0.3 is 0 Å². The molecule has 3 N–H and O–H groups in total. The fourth-order valence-corrected chi connectivity index (χ4v) is 4.39. The van der Waals surface area contributed by atoms with Crippen molar-refractivity contribution in [2.45, 2.75) is 76.7 Å². The van der Waals surface area contributed by atoms with Crippen LogP contribution in [0.25, 0.3) is 5.57 Å². The number of carbonyl (C=O) groups is 1. The van der Waals surface area contributed by atoms with E-state index in [1.165, 1.54) is 24.8 Å². The smallest absolute Gasteiger partial charge is 0.253 e. The summed E-state index contributed by atoms with van der Waals surface area (Å²) in [7, 11) is 1.67. The van der Waals surface area contributed by atoms with Crippen LogP contribution in [0, 0.1) is 5.92 Å². The molecule has 2 heterocycles. The van der Waals surface area contributed by atoms with Gasteiger partial charge < -0.3 is 25.1 Å². The monoisotopic (exact) mass is 387 g/mol. The fourth-order valence-electron chi connectivity index (χ4n) is 4.39. The van der Waals surface area contributed by atoms with Gasteiger partial charge in [-0.05, 0) is 56.4 Å². The Labute approximate surface area is 167 Å². The van der Waals surface area contributed by atoms with E-state index in [1.54, 1.807) is 7.11 Å². The molecular weight excluding hydrogens is 354 g/mol. The molecule has 1 unspecified atom stereocenters. The van der Waals surface area contributed by atoms with E-state index < -0.39 is 0 Å². The van der Waals surface area contributed by atoms with E-state index in [0.717, 1.165) is 50.0 Å². The summed E-state index contributed by atoms with van der Waals surface area (Å²) in [5, 5.41) is 6.56. The second-order valence-electron chi connectivity index (χ2n) is 8.32. The van der Waals surface area contributed by atoms with E-state index >= 15 is 0 Å². The van der Waals surface area contributed by atoms with Crippen LogP contribution >= 0.6 is 0 Å². The third-order valence-electron chi connectivity index (χ3n) is 6.22. The molecule has 1 aromatic heterocycles. The number of allylic oxidation sites excluding steroid dienone is 1. The van der Waals surface area contributed by atoms with E-state index in [2.05, 4.69) is 22.5 Å². The van der Waals surface area contributed by atoms with Gasteiger partial charge in [-0.15, -0.1) is 0 Å². The van der Waals surface area contributed by atoms with Gasteiger partial charge in [0.15, 0.2) is 6.23 Å². The summed E-state index contributed by atoms with van der Waals surface area (Å²) in [5.74, 6) is 0.593. The maximum Gasteiger partial charge on any atom is 0.253 e. The zero-order chi connectivity index (χ0) is 19.5. The van der Waals surface area contributed by atoms with Gasteiger partial charge in [0.1, 0.15) is 0 Å². The Morgan fingerprint density at radius 1 is 1.21 bits per heavy atom. The molecule has 0 aromatic carbocycles. The molecule has 2 aliphatic carbocycles. The zero-order valence-corrected chi connectivity index (χ0v) is 17.1. The van der Waals surface area contributed by atoms with Crippen LogP contribution in [0.15, 0.2) is 12.4 Å². The zero-order valence-electron chi connectivity index (χ0n) is 17.1. The number of hydrogen-bond donors (Lipinski definition) is 3. The van der Waals surface area contributed by atoms with Gasteiger partial charge in [-0.2, -0.15) is 0 Å². The number of aromatic amines is 1. The highest BCUT2D eigenvalue weighted by atomic mass is 16.5. The van der Waals surface area contributed by atoms with Gasteiger partial charge in [0.05, 0.1) is 17.4 Å². The number of nitrogens with one attached hydrogen (secondary N) is 3. The molecule has 1 amide bonds. The molecule has 1 atom stereocenters. The largest absolute Gasteiger partial charge is 0.378 e. The number of rotatable bonds is 8. The van der Waals surface area contributed by atoms with Gasteiger partial charge in [-0.25, -0.2) is 0 Å². The molecule has 28 heavy (non-hydrogen) atoms. The highest BCUT2D eigenvalue weighted by Gasteiger charge is 2.36. The van der Waals surface area contributed by atoms with Crippen LogP contribution in [0.4, 0.5) is 0 Å². The molecule has 0 spiro atoms. The van der Waals surface area contributed by atoms with Crippen molar-refractivity contribution in [3.8, 4) is 0 Å². The lowest BCUT2D eigenvalue weighted by Crippen LogP contribution is -2.39. The average molecular weight is 388 g/mol. The molecule has 6 nitrogen and oxygen atoms in total. The minimum absolute atomic E-state index is 0.00579. The lowest BCUT2D eigenvalue weighted by molar-refractivity contribution is 0.0209. The van der Waals surface area contributed by atoms with Gasteiger partial charge in [-0.3, -0.25) is 4.79 Å². The number of hydrogen-bond acceptors (Lipinski definition) is 4. The van der Waals surface area contributed by atoms with Crippen molar-refractivity contribution in [1.82, 2.24) is 15.6 Å². The summed E-state index contributed by atoms with van der Waals surface area (Å²) < 4.78 is 11.5. The first-order valence-electron chi connectivity index (χ1n) is 10.8. The Kier molecular flexibility index (Phi) is 6.07. The standard InChI is InChI=1S/C22H33N3O3/c1-3-4-11-28-16-9-7-15(8-10-16)25-21(26)18-13-23-20-17(14-5-6-14)12-24-22(27-2)19(18)20/h12-16,22-24H,3-11H2,1-2H3,(H,25,26)/t15-,16-,22?. The van der Waals surface area contributed by atoms with Crippen LogP contribution in [0.3, 0.4) is 0 Å². The summed E-state index contributed by atoms with van der Waals surface area (Å²) in [6.07, 6.45) is 12.7. The second-order valence-corrected chi connectivity index (χ2v) is 8.32. The number of carbonyl (C=O) groups excluding carboxylic acids is 1. The molecule has 3 aliphatic rings. The van der Waals surface area contributed by atoms with Crippen molar-refractivity contribution in [3.63, 3.8) is 0 Å². The molecule has 0 saturated heterocycles. The predicted octanol–water partition coefficient (Wildman–Crippen LogP) is 3.87. The first kappa shape index (κ1) is 19.5. The van der Waals surface area contributed by atoms with Crippen molar-refractivity contribution in [3.05, 3.63) is 29.2 Å². The minimum Gasteiger partial charge on any atom is -0.378 e. The third-order valence-corrected chi connectivity index (χ3v) is 6.22. The van der Waals surface area contributed by atoms with Crippen LogP contribution in [0.5, 0.6) is 0 Å². The van der Waals surface area contributed by atoms with Crippen LogP contribution in [-0.2, 0) is 9.47 Å².